The van der Waals surface area contributed by atoms with Crippen molar-refractivity contribution in [1.82, 2.24) is 4.98 Å². The second kappa shape index (κ2) is 3.17. The molecule has 0 aromatic carbocycles. The third-order valence-corrected chi connectivity index (χ3v) is 1.31. The van der Waals surface area contributed by atoms with Gasteiger partial charge >= 0.3 is 0 Å². The van der Waals surface area contributed by atoms with E-state index in [1.165, 1.54) is 0 Å². The third kappa shape index (κ3) is 1.94. The van der Waals surface area contributed by atoms with Gasteiger partial charge < -0.3 is 9.15 Å². The third-order valence-electron chi connectivity index (χ3n) is 0.816. The van der Waals surface area contributed by atoms with Gasteiger partial charge in [-0.3, -0.25) is 0 Å². The molecule has 50 valence electrons. The zero-order valence-corrected chi connectivity index (χ0v) is 7.08. The summed E-state index contributed by atoms with van der Waals surface area (Å²) in [7, 11) is 1.63. The van der Waals surface area contributed by atoms with Gasteiger partial charge in [-0.1, -0.05) is 0 Å². The number of oxazole rings is 1. The second-order valence-electron chi connectivity index (χ2n) is 1.52. The zero-order chi connectivity index (χ0) is 6.69. The molecule has 0 radical (unpaired) electrons. The molecule has 0 amide bonds. The lowest BCUT2D eigenvalue weighted by atomic mass is 10.5. The fourth-order valence-corrected chi connectivity index (χ4v) is 0.933. The van der Waals surface area contributed by atoms with Crippen LogP contribution in [0.15, 0.2) is 10.7 Å². The molecule has 0 saturated carbocycles. The molecule has 9 heavy (non-hydrogen) atoms. The lowest BCUT2D eigenvalue weighted by Gasteiger charge is -1.86. The topological polar surface area (TPSA) is 35.3 Å². The van der Waals surface area contributed by atoms with Crippen LogP contribution in [0.25, 0.3) is 0 Å². The Balaban J connectivity index is 2.61. The van der Waals surface area contributed by atoms with Crippen LogP contribution in [0.3, 0.4) is 0 Å². The molecule has 3 nitrogen and oxygen atoms in total. The highest BCUT2D eigenvalue weighted by atomic mass is 127. The summed E-state index contributed by atoms with van der Waals surface area (Å²) in [5.41, 5.74) is 0.835. The Hall–Kier alpha value is -0.100. The zero-order valence-electron chi connectivity index (χ0n) is 4.93. The van der Waals surface area contributed by atoms with Crippen LogP contribution < -0.4 is 0 Å². The molecule has 0 aliphatic rings. The molecule has 0 N–H and O–H groups in total. The molecule has 0 aliphatic carbocycles. The predicted molar refractivity (Wildman–Crippen MR) is 39.9 cm³/mol. The normalized spacial score (nSPS) is 10.0. The highest BCUT2D eigenvalue weighted by molar-refractivity contribution is 14.1. The summed E-state index contributed by atoms with van der Waals surface area (Å²) in [6.45, 7) is 0.520. The maximum absolute atomic E-state index is 4.91. The van der Waals surface area contributed by atoms with E-state index in [9.17, 15) is 0 Å². The summed E-state index contributed by atoms with van der Waals surface area (Å²) < 4.78 is 10.4. The van der Waals surface area contributed by atoms with Gasteiger partial charge in [0, 0.05) is 29.7 Å². The first-order valence-corrected chi connectivity index (χ1v) is 3.49. The van der Waals surface area contributed by atoms with Crippen molar-refractivity contribution in [3.05, 3.63) is 15.9 Å². The monoisotopic (exact) mass is 239 g/mol. The van der Waals surface area contributed by atoms with Crippen molar-refractivity contribution in [2.24, 2.45) is 0 Å². The van der Waals surface area contributed by atoms with Crippen LogP contribution >= 0.6 is 22.6 Å². The molecule has 1 heterocycles. The summed E-state index contributed by atoms with van der Waals surface area (Å²) in [6.07, 6.45) is 1.59. The SMILES string of the molecule is COCc1coc(I)n1. The molecule has 0 unspecified atom stereocenters. The number of aromatic nitrogens is 1. The van der Waals surface area contributed by atoms with Gasteiger partial charge in [0.25, 0.3) is 3.90 Å². The van der Waals surface area contributed by atoms with Gasteiger partial charge in [-0.15, -0.1) is 0 Å². The van der Waals surface area contributed by atoms with Gasteiger partial charge in [-0.2, -0.15) is 0 Å². The van der Waals surface area contributed by atoms with Crippen molar-refractivity contribution in [2.45, 2.75) is 6.61 Å². The summed E-state index contributed by atoms with van der Waals surface area (Å²) in [5, 5.41) is 0. The molecule has 0 bridgehead atoms. The fourth-order valence-electron chi connectivity index (χ4n) is 0.496. The molecule has 1 rings (SSSR count). The first-order valence-electron chi connectivity index (χ1n) is 2.42. The van der Waals surface area contributed by atoms with Crippen molar-refractivity contribution >= 4 is 22.6 Å². The van der Waals surface area contributed by atoms with E-state index >= 15 is 0 Å². The van der Waals surface area contributed by atoms with Crippen LogP contribution in [0.4, 0.5) is 0 Å². The second-order valence-corrected chi connectivity index (χ2v) is 2.45. The number of nitrogens with zero attached hydrogens (tertiary/aromatic N) is 1. The highest BCUT2D eigenvalue weighted by Gasteiger charge is 1.97. The van der Waals surface area contributed by atoms with E-state index < -0.39 is 0 Å². The van der Waals surface area contributed by atoms with E-state index in [4.69, 9.17) is 9.15 Å². The van der Waals surface area contributed by atoms with Crippen LogP contribution in [0.5, 0.6) is 0 Å². The number of hydrogen-bond acceptors (Lipinski definition) is 3. The fraction of sp³-hybridized carbons (Fsp3) is 0.400. The summed E-state index contributed by atoms with van der Waals surface area (Å²) in [4.78, 5) is 4.00. The molecule has 0 atom stereocenters. The van der Waals surface area contributed by atoms with Gasteiger partial charge in [0.1, 0.15) is 12.0 Å². The number of hydrogen-bond donors (Lipinski definition) is 0. The Labute approximate surface area is 66.6 Å². The average molecular weight is 239 g/mol. The van der Waals surface area contributed by atoms with Gasteiger partial charge in [0.15, 0.2) is 0 Å². The highest BCUT2D eigenvalue weighted by Crippen LogP contribution is 2.04. The molecule has 1 aromatic rings. The van der Waals surface area contributed by atoms with E-state index in [1.54, 1.807) is 13.4 Å². The first kappa shape index (κ1) is 7.01. The Bertz CT molecular complexity index is 187. The van der Waals surface area contributed by atoms with Crippen LogP contribution in [0.1, 0.15) is 5.69 Å². The van der Waals surface area contributed by atoms with E-state index in [0.29, 0.717) is 10.5 Å². The summed E-state index contributed by atoms with van der Waals surface area (Å²) in [5.74, 6) is 0. The molecule has 1 aromatic heterocycles. The minimum absolute atomic E-state index is 0.520. The quantitative estimate of drug-likeness (QED) is 0.732. The van der Waals surface area contributed by atoms with E-state index in [-0.39, 0.29) is 0 Å². The molecule has 0 fully saturated rings. The van der Waals surface area contributed by atoms with Crippen LogP contribution in [-0.2, 0) is 11.3 Å². The molecule has 0 spiro atoms. The van der Waals surface area contributed by atoms with Crippen molar-refractivity contribution < 1.29 is 9.15 Å². The summed E-state index contributed by atoms with van der Waals surface area (Å²) in [6, 6.07) is 0. The smallest absolute Gasteiger partial charge is 0.257 e. The van der Waals surface area contributed by atoms with Crippen LogP contribution in [0, 0.1) is 3.90 Å². The molecule has 0 saturated heterocycles. The Morgan fingerprint density at radius 3 is 3.11 bits per heavy atom. The van der Waals surface area contributed by atoms with Crippen LogP contribution in [-0.4, -0.2) is 12.1 Å². The minimum atomic E-state index is 0.520. The van der Waals surface area contributed by atoms with E-state index in [1.807, 2.05) is 22.6 Å². The lowest BCUT2D eigenvalue weighted by molar-refractivity contribution is 0.181. The Morgan fingerprint density at radius 2 is 2.67 bits per heavy atom. The minimum Gasteiger partial charge on any atom is -0.440 e. The van der Waals surface area contributed by atoms with Crippen molar-refractivity contribution in [3.63, 3.8) is 0 Å². The van der Waals surface area contributed by atoms with Gasteiger partial charge in [0.2, 0.25) is 0 Å². The molecular formula is C5H6INO2. The van der Waals surface area contributed by atoms with E-state index in [2.05, 4.69) is 4.98 Å². The summed E-state index contributed by atoms with van der Waals surface area (Å²) >= 11 is 2.01. The first-order chi connectivity index (χ1) is 4.33. The Kier molecular flexibility index (Phi) is 2.47. The Morgan fingerprint density at radius 1 is 1.89 bits per heavy atom. The number of ether oxygens (including phenoxy) is 1. The van der Waals surface area contributed by atoms with Crippen molar-refractivity contribution in [1.29, 1.82) is 0 Å². The van der Waals surface area contributed by atoms with Gasteiger partial charge in [0.05, 0.1) is 6.61 Å². The molecule has 4 heteroatoms. The van der Waals surface area contributed by atoms with Crippen LogP contribution in [0.2, 0.25) is 0 Å². The maximum atomic E-state index is 4.91. The van der Waals surface area contributed by atoms with Gasteiger partial charge in [-0.25, -0.2) is 4.98 Å². The van der Waals surface area contributed by atoms with Gasteiger partial charge in [-0.05, 0) is 0 Å². The average Bonchev–Trinajstić information content (AvgIpc) is 2.17. The molecule has 0 aliphatic heterocycles. The molecular weight excluding hydrogens is 233 g/mol. The standard InChI is InChI=1S/C5H6INO2/c1-8-2-4-3-9-5(6)7-4/h3H,2H2,1H3. The van der Waals surface area contributed by atoms with Crippen molar-refractivity contribution in [2.75, 3.05) is 7.11 Å². The number of rotatable bonds is 2. The van der Waals surface area contributed by atoms with E-state index in [0.717, 1.165) is 5.69 Å². The van der Waals surface area contributed by atoms with Crippen molar-refractivity contribution in [3.8, 4) is 0 Å². The number of methoxy groups -OCH3 is 1. The maximum Gasteiger partial charge on any atom is 0.257 e. The number of halogens is 1. The lowest BCUT2D eigenvalue weighted by Crippen LogP contribution is -1.85. The predicted octanol–water partition coefficient (Wildman–Crippen LogP) is 1.43. The largest absolute Gasteiger partial charge is 0.440 e.